The number of benzene rings is 1. The number of hydrogen-bond donors (Lipinski definition) is 1. The number of hydrogen-bond acceptors (Lipinski definition) is 3. The molecule has 0 atom stereocenters. The molecular formula is C9H8Cl2N2O. The SMILES string of the molecule is ClCC1=CN(c2ccccc2Cl)NO1. The van der Waals surface area contributed by atoms with E-state index in [1.165, 1.54) is 0 Å². The average Bonchev–Trinajstić information content (AvgIpc) is 2.67. The molecule has 0 spiro atoms. The Bertz CT molecular complexity index is 368. The van der Waals surface area contributed by atoms with Gasteiger partial charge in [0.15, 0.2) is 5.76 Å². The van der Waals surface area contributed by atoms with Crippen molar-refractivity contribution >= 4 is 28.9 Å². The molecule has 1 aromatic carbocycles. The van der Waals surface area contributed by atoms with E-state index in [1.807, 2.05) is 24.3 Å². The maximum absolute atomic E-state index is 6.00. The maximum Gasteiger partial charge on any atom is 0.159 e. The molecule has 0 aromatic heterocycles. The third kappa shape index (κ3) is 1.80. The smallest absolute Gasteiger partial charge is 0.159 e. The summed E-state index contributed by atoms with van der Waals surface area (Å²) in [6.45, 7) is 0. The molecule has 0 fully saturated rings. The van der Waals surface area contributed by atoms with Crippen molar-refractivity contribution in [3.63, 3.8) is 0 Å². The van der Waals surface area contributed by atoms with Gasteiger partial charge in [0, 0.05) is 0 Å². The molecule has 2 rings (SSSR count). The molecule has 14 heavy (non-hydrogen) atoms. The zero-order valence-electron chi connectivity index (χ0n) is 7.21. The fraction of sp³-hybridized carbons (Fsp3) is 0.111. The van der Waals surface area contributed by atoms with Crippen LogP contribution >= 0.6 is 23.2 Å². The van der Waals surface area contributed by atoms with E-state index in [9.17, 15) is 0 Å². The Morgan fingerprint density at radius 1 is 1.36 bits per heavy atom. The molecule has 1 heterocycles. The molecule has 0 saturated carbocycles. The third-order valence-electron chi connectivity index (χ3n) is 1.79. The Morgan fingerprint density at radius 2 is 2.14 bits per heavy atom. The van der Waals surface area contributed by atoms with Crippen LogP contribution in [0.15, 0.2) is 36.2 Å². The number of hydrazine groups is 1. The Labute approximate surface area is 91.8 Å². The zero-order valence-corrected chi connectivity index (χ0v) is 8.72. The van der Waals surface area contributed by atoms with Crippen molar-refractivity contribution in [2.75, 3.05) is 10.9 Å². The van der Waals surface area contributed by atoms with Crippen molar-refractivity contribution < 1.29 is 4.84 Å². The molecule has 74 valence electrons. The van der Waals surface area contributed by atoms with Crippen LogP contribution in [-0.2, 0) is 4.84 Å². The van der Waals surface area contributed by atoms with E-state index in [0.717, 1.165) is 5.69 Å². The predicted molar refractivity (Wildman–Crippen MR) is 57.0 cm³/mol. The van der Waals surface area contributed by atoms with E-state index in [1.54, 1.807) is 11.2 Å². The van der Waals surface area contributed by atoms with E-state index in [4.69, 9.17) is 28.0 Å². The van der Waals surface area contributed by atoms with E-state index in [2.05, 4.69) is 5.59 Å². The van der Waals surface area contributed by atoms with Gasteiger partial charge in [0.1, 0.15) is 0 Å². The first-order valence-corrected chi connectivity index (χ1v) is 4.95. The van der Waals surface area contributed by atoms with Crippen molar-refractivity contribution in [3.8, 4) is 0 Å². The monoisotopic (exact) mass is 230 g/mol. The summed E-state index contributed by atoms with van der Waals surface area (Å²) in [7, 11) is 0. The highest BCUT2D eigenvalue weighted by molar-refractivity contribution is 6.33. The lowest BCUT2D eigenvalue weighted by molar-refractivity contribution is 0.133. The summed E-state index contributed by atoms with van der Waals surface area (Å²) in [5.74, 6) is 0.986. The number of nitrogens with one attached hydrogen (secondary N) is 1. The predicted octanol–water partition coefficient (Wildman–Crippen LogP) is 2.68. The van der Waals surface area contributed by atoms with Gasteiger partial charge in [-0.3, -0.25) is 0 Å². The second-order valence-electron chi connectivity index (χ2n) is 2.74. The minimum Gasteiger partial charge on any atom is -0.390 e. The van der Waals surface area contributed by atoms with Gasteiger partial charge in [-0.15, -0.1) is 11.6 Å². The van der Waals surface area contributed by atoms with Crippen molar-refractivity contribution in [3.05, 3.63) is 41.2 Å². The quantitative estimate of drug-likeness (QED) is 0.792. The first-order chi connectivity index (χ1) is 6.81. The topological polar surface area (TPSA) is 24.5 Å². The van der Waals surface area contributed by atoms with Gasteiger partial charge in [0.25, 0.3) is 0 Å². The molecule has 3 nitrogen and oxygen atoms in total. The van der Waals surface area contributed by atoms with Crippen molar-refractivity contribution in [1.29, 1.82) is 0 Å². The van der Waals surface area contributed by atoms with Gasteiger partial charge in [0.05, 0.1) is 22.8 Å². The molecule has 1 aromatic rings. The van der Waals surface area contributed by atoms with Gasteiger partial charge < -0.3 is 4.84 Å². The fourth-order valence-electron chi connectivity index (χ4n) is 1.13. The van der Waals surface area contributed by atoms with Gasteiger partial charge in [0.2, 0.25) is 0 Å². The van der Waals surface area contributed by atoms with Crippen LogP contribution in [0.2, 0.25) is 5.02 Å². The van der Waals surface area contributed by atoms with Crippen LogP contribution in [0.3, 0.4) is 0 Å². The highest BCUT2D eigenvalue weighted by Crippen LogP contribution is 2.26. The summed E-state index contributed by atoms with van der Waals surface area (Å²) in [5, 5.41) is 2.33. The Morgan fingerprint density at radius 3 is 2.79 bits per heavy atom. The number of anilines is 1. The molecule has 0 unspecified atom stereocenters. The highest BCUT2D eigenvalue weighted by atomic mass is 35.5. The number of rotatable bonds is 2. The van der Waals surface area contributed by atoms with Gasteiger partial charge in [-0.1, -0.05) is 29.3 Å². The van der Waals surface area contributed by atoms with E-state index < -0.39 is 0 Å². The van der Waals surface area contributed by atoms with E-state index in [0.29, 0.717) is 16.7 Å². The highest BCUT2D eigenvalue weighted by Gasteiger charge is 2.15. The number of allylic oxidation sites excluding steroid dienone is 1. The lowest BCUT2D eigenvalue weighted by Gasteiger charge is -2.14. The van der Waals surface area contributed by atoms with E-state index in [-0.39, 0.29) is 0 Å². The lowest BCUT2D eigenvalue weighted by Crippen LogP contribution is -2.27. The first-order valence-electron chi connectivity index (χ1n) is 4.04. The molecule has 0 bridgehead atoms. The molecule has 1 N–H and O–H groups in total. The minimum atomic E-state index is 0.327. The van der Waals surface area contributed by atoms with Crippen LogP contribution in [0.1, 0.15) is 0 Å². The maximum atomic E-state index is 6.00. The van der Waals surface area contributed by atoms with Gasteiger partial charge in [-0.05, 0) is 12.1 Å². The van der Waals surface area contributed by atoms with Crippen LogP contribution < -0.4 is 10.6 Å². The number of nitrogens with zero attached hydrogens (tertiary/aromatic N) is 1. The summed E-state index contributed by atoms with van der Waals surface area (Å²) in [5.41, 5.74) is 3.51. The van der Waals surface area contributed by atoms with Crippen molar-refractivity contribution in [1.82, 2.24) is 5.59 Å². The minimum absolute atomic E-state index is 0.327. The normalized spacial score (nSPS) is 15.3. The Kier molecular flexibility index (Phi) is 2.82. The molecule has 1 aliphatic rings. The second-order valence-corrected chi connectivity index (χ2v) is 3.42. The molecule has 0 aliphatic carbocycles. The number of alkyl halides is 1. The summed E-state index contributed by atoms with van der Waals surface area (Å²) in [6, 6.07) is 7.46. The van der Waals surface area contributed by atoms with Gasteiger partial charge in [-0.2, -0.15) is 0 Å². The standard InChI is InChI=1S/C9H8Cl2N2O/c10-5-7-6-13(12-14-7)9-4-2-1-3-8(9)11/h1-4,6,12H,5H2. The Hall–Kier alpha value is -0.900. The van der Waals surface area contributed by atoms with Crippen molar-refractivity contribution in [2.45, 2.75) is 0 Å². The molecular weight excluding hydrogens is 223 g/mol. The molecule has 0 radical (unpaired) electrons. The van der Waals surface area contributed by atoms with Gasteiger partial charge >= 0.3 is 0 Å². The fourth-order valence-corrected chi connectivity index (χ4v) is 1.48. The van der Waals surface area contributed by atoms with Crippen LogP contribution in [0.5, 0.6) is 0 Å². The van der Waals surface area contributed by atoms with Crippen LogP contribution in [-0.4, -0.2) is 5.88 Å². The Balaban J connectivity index is 2.25. The van der Waals surface area contributed by atoms with Crippen LogP contribution in [0, 0.1) is 0 Å². The summed E-state index contributed by atoms with van der Waals surface area (Å²) < 4.78 is 0. The summed E-state index contributed by atoms with van der Waals surface area (Å²) in [4.78, 5) is 5.07. The number of para-hydroxylation sites is 1. The second kappa shape index (κ2) is 4.09. The molecule has 0 saturated heterocycles. The molecule has 0 amide bonds. The summed E-state index contributed by atoms with van der Waals surface area (Å²) in [6.07, 6.45) is 1.76. The van der Waals surface area contributed by atoms with E-state index >= 15 is 0 Å². The summed E-state index contributed by atoms with van der Waals surface area (Å²) >= 11 is 11.6. The van der Waals surface area contributed by atoms with Crippen LogP contribution in [0.4, 0.5) is 5.69 Å². The number of halogens is 2. The zero-order chi connectivity index (χ0) is 9.97. The first kappa shape index (κ1) is 9.65. The third-order valence-corrected chi connectivity index (χ3v) is 2.37. The van der Waals surface area contributed by atoms with Crippen molar-refractivity contribution in [2.24, 2.45) is 0 Å². The lowest BCUT2D eigenvalue weighted by atomic mass is 10.3. The molecule has 1 aliphatic heterocycles. The molecule has 5 heteroatoms. The van der Waals surface area contributed by atoms with Crippen LogP contribution in [0.25, 0.3) is 0 Å². The average molecular weight is 231 g/mol. The van der Waals surface area contributed by atoms with Gasteiger partial charge in [-0.25, -0.2) is 5.01 Å². The largest absolute Gasteiger partial charge is 0.390 e.